The Morgan fingerprint density at radius 3 is 2.60 bits per heavy atom. The molecule has 0 radical (unpaired) electrons. The number of hydrogen-bond donors (Lipinski definition) is 1. The van der Waals surface area contributed by atoms with E-state index in [1.54, 1.807) is 7.05 Å². The lowest BCUT2D eigenvalue weighted by molar-refractivity contribution is -0.155. The molecule has 1 fully saturated rings. The van der Waals surface area contributed by atoms with E-state index in [9.17, 15) is 14.4 Å². The van der Waals surface area contributed by atoms with Crippen LogP contribution in [0.3, 0.4) is 0 Å². The van der Waals surface area contributed by atoms with E-state index in [1.807, 2.05) is 0 Å². The van der Waals surface area contributed by atoms with E-state index in [-0.39, 0.29) is 6.42 Å². The van der Waals surface area contributed by atoms with Gasteiger partial charge in [0.1, 0.15) is 0 Å². The third kappa shape index (κ3) is 2.93. The normalized spacial score (nSPS) is 17.1. The van der Waals surface area contributed by atoms with Crippen molar-refractivity contribution in [3.8, 4) is 0 Å². The summed E-state index contributed by atoms with van der Waals surface area (Å²) >= 11 is 0. The Bertz CT molecular complexity index is 290. The number of carboxylic acid groups (broad SMARTS) is 1. The average Bonchev–Trinajstić information content (AvgIpc) is 2.18. The summed E-state index contributed by atoms with van der Waals surface area (Å²) in [5, 5.41) is 8.42. The van der Waals surface area contributed by atoms with Gasteiger partial charge in [0.05, 0.1) is 0 Å². The smallest absolute Gasteiger partial charge is 0.312 e. The van der Waals surface area contributed by atoms with Gasteiger partial charge in [-0.2, -0.15) is 0 Å². The number of nitrogens with zero attached hydrogens (tertiary/aromatic N) is 2. The molecule has 0 aromatic heterocycles. The third-order valence-electron chi connectivity index (χ3n) is 2.34. The number of carbonyl (C=O) groups excluding carboxylic acids is 2. The zero-order valence-corrected chi connectivity index (χ0v) is 8.60. The third-order valence-corrected chi connectivity index (χ3v) is 2.34. The van der Waals surface area contributed by atoms with Crippen molar-refractivity contribution in [1.29, 1.82) is 0 Å². The summed E-state index contributed by atoms with van der Waals surface area (Å²) in [7, 11) is 1.58. The van der Waals surface area contributed by atoms with Gasteiger partial charge in [-0.15, -0.1) is 0 Å². The molecule has 1 saturated heterocycles. The van der Waals surface area contributed by atoms with Crippen molar-refractivity contribution in [1.82, 2.24) is 9.80 Å². The van der Waals surface area contributed by atoms with Gasteiger partial charge < -0.3 is 14.9 Å². The van der Waals surface area contributed by atoms with E-state index in [0.29, 0.717) is 26.1 Å². The van der Waals surface area contributed by atoms with Gasteiger partial charge in [-0.1, -0.05) is 0 Å². The zero-order valence-electron chi connectivity index (χ0n) is 8.60. The highest BCUT2D eigenvalue weighted by Crippen LogP contribution is 2.04. The molecule has 1 rings (SSSR count). The van der Waals surface area contributed by atoms with E-state index in [4.69, 9.17) is 5.11 Å². The van der Waals surface area contributed by atoms with E-state index >= 15 is 0 Å². The number of likely N-dealkylation sites (N-methyl/N-ethyl adjacent to an activating group) is 1. The van der Waals surface area contributed by atoms with Crippen molar-refractivity contribution in [2.45, 2.75) is 12.8 Å². The monoisotopic (exact) mass is 214 g/mol. The Hall–Kier alpha value is -1.59. The largest absolute Gasteiger partial charge is 0.481 e. The number of carboxylic acids is 1. The van der Waals surface area contributed by atoms with Gasteiger partial charge in [-0.05, 0) is 6.42 Å². The molecule has 84 valence electrons. The molecule has 0 aromatic rings. The predicted octanol–water partition coefficient (Wildman–Crippen LogP) is -0.848. The number of piperazine rings is 1. The lowest BCUT2D eigenvalue weighted by Gasteiger charge is -2.31. The molecule has 6 heteroatoms. The van der Waals surface area contributed by atoms with Crippen molar-refractivity contribution in [2.75, 3.05) is 26.7 Å². The van der Waals surface area contributed by atoms with Crippen molar-refractivity contribution in [2.24, 2.45) is 0 Å². The summed E-state index contributed by atoms with van der Waals surface area (Å²) in [6.45, 7) is 1.34. The maximum Gasteiger partial charge on any atom is 0.312 e. The first-order valence-electron chi connectivity index (χ1n) is 4.78. The molecule has 1 N–H and O–H groups in total. The molecule has 0 aromatic carbocycles. The SMILES string of the molecule is CN1CCN(CCCC(=O)O)C(=O)C1=O. The summed E-state index contributed by atoms with van der Waals surface area (Å²) in [6.07, 6.45) is 0.409. The first-order chi connectivity index (χ1) is 7.02. The number of rotatable bonds is 4. The van der Waals surface area contributed by atoms with Gasteiger partial charge in [0.25, 0.3) is 0 Å². The number of aliphatic carboxylic acids is 1. The number of carbonyl (C=O) groups is 3. The first-order valence-corrected chi connectivity index (χ1v) is 4.78. The van der Waals surface area contributed by atoms with Crippen LogP contribution < -0.4 is 0 Å². The maximum absolute atomic E-state index is 11.4. The van der Waals surface area contributed by atoms with Gasteiger partial charge in [-0.3, -0.25) is 14.4 Å². The molecule has 15 heavy (non-hydrogen) atoms. The van der Waals surface area contributed by atoms with Crippen molar-refractivity contribution >= 4 is 17.8 Å². The summed E-state index contributed by atoms with van der Waals surface area (Å²) in [4.78, 5) is 35.7. The maximum atomic E-state index is 11.4. The zero-order chi connectivity index (χ0) is 11.4. The molecule has 0 aliphatic carbocycles. The fraction of sp³-hybridized carbons (Fsp3) is 0.667. The Morgan fingerprint density at radius 1 is 1.33 bits per heavy atom. The highest BCUT2D eigenvalue weighted by atomic mass is 16.4. The van der Waals surface area contributed by atoms with E-state index in [0.717, 1.165) is 0 Å². The van der Waals surface area contributed by atoms with E-state index in [2.05, 4.69) is 0 Å². The molecule has 0 unspecified atom stereocenters. The molecule has 0 saturated carbocycles. The van der Waals surface area contributed by atoms with Crippen LogP contribution >= 0.6 is 0 Å². The fourth-order valence-electron chi connectivity index (χ4n) is 1.41. The van der Waals surface area contributed by atoms with E-state index in [1.165, 1.54) is 9.80 Å². The summed E-state index contributed by atoms with van der Waals surface area (Å²) in [6, 6.07) is 0. The highest BCUT2D eigenvalue weighted by Gasteiger charge is 2.29. The van der Waals surface area contributed by atoms with Gasteiger partial charge in [0.15, 0.2) is 0 Å². The number of amides is 2. The molecular formula is C9H14N2O4. The lowest BCUT2D eigenvalue weighted by Crippen LogP contribution is -2.52. The van der Waals surface area contributed by atoms with Crippen LogP contribution in [0.4, 0.5) is 0 Å². The van der Waals surface area contributed by atoms with Crippen LogP contribution in [0.25, 0.3) is 0 Å². The Morgan fingerprint density at radius 2 is 2.00 bits per heavy atom. The van der Waals surface area contributed by atoms with Gasteiger partial charge in [0.2, 0.25) is 0 Å². The van der Waals surface area contributed by atoms with Gasteiger partial charge in [0, 0.05) is 33.1 Å². The molecule has 6 nitrogen and oxygen atoms in total. The van der Waals surface area contributed by atoms with Crippen molar-refractivity contribution in [3.63, 3.8) is 0 Å². The second-order valence-electron chi connectivity index (χ2n) is 3.52. The minimum atomic E-state index is -0.886. The Labute approximate surface area is 87.5 Å². The second-order valence-corrected chi connectivity index (χ2v) is 3.52. The molecular weight excluding hydrogens is 200 g/mol. The van der Waals surface area contributed by atoms with Gasteiger partial charge >= 0.3 is 17.8 Å². The van der Waals surface area contributed by atoms with E-state index < -0.39 is 17.8 Å². The van der Waals surface area contributed by atoms with Crippen molar-refractivity contribution in [3.05, 3.63) is 0 Å². The second kappa shape index (κ2) is 4.77. The molecule has 0 atom stereocenters. The van der Waals surface area contributed by atoms with Crippen LogP contribution in [-0.2, 0) is 14.4 Å². The average molecular weight is 214 g/mol. The van der Waals surface area contributed by atoms with Crippen LogP contribution in [0, 0.1) is 0 Å². The van der Waals surface area contributed by atoms with Crippen molar-refractivity contribution < 1.29 is 19.5 Å². The lowest BCUT2D eigenvalue weighted by atomic mass is 10.2. The fourth-order valence-corrected chi connectivity index (χ4v) is 1.41. The Balaban J connectivity index is 2.40. The van der Waals surface area contributed by atoms with Crippen LogP contribution in [0.1, 0.15) is 12.8 Å². The minimum absolute atomic E-state index is 0.0216. The summed E-state index contributed by atoms with van der Waals surface area (Å²) in [5.74, 6) is -1.94. The van der Waals surface area contributed by atoms with Crippen LogP contribution in [-0.4, -0.2) is 59.4 Å². The van der Waals surface area contributed by atoms with Crippen LogP contribution in [0.5, 0.6) is 0 Å². The standard InChI is InChI=1S/C9H14N2O4/c1-10-5-6-11(9(15)8(10)14)4-2-3-7(12)13/h2-6H2,1H3,(H,12,13). The molecule has 0 bridgehead atoms. The molecule has 1 heterocycles. The van der Waals surface area contributed by atoms with Crippen LogP contribution in [0.15, 0.2) is 0 Å². The first kappa shape index (κ1) is 11.5. The molecule has 0 spiro atoms. The molecule has 2 amide bonds. The quantitative estimate of drug-likeness (QED) is 0.618. The minimum Gasteiger partial charge on any atom is -0.481 e. The molecule has 1 aliphatic heterocycles. The highest BCUT2D eigenvalue weighted by molar-refractivity contribution is 6.35. The summed E-state index contributed by atoms with van der Waals surface area (Å²) < 4.78 is 0. The Kier molecular flexibility index (Phi) is 3.65. The topological polar surface area (TPSA) is 77.9 Å². The van der Waals surface area contributed by atoms with Crippen LogP contribution in [0.2, 0.25) is 0 Å². The van der Waals surface area contributed by atoms with Gasteiger partial charge in [-0.25, -0.2) is 0 Å². The molecule has 1 aliphatic rings. The number of hydrogen-bond acceptors (Lipinski definition) is 3. The summed E-state index contributed by atoms with van der Waals surface area (Å²) in [5.41, 5.74) is 0. The predicted molar refractivity (Wildman–Crippen MR) is 51.1 cm³/mol.